The quantitative estimate of drug-likeness (QED) is 0.637. The SMILES string of the molecule is COCCOC(=O)Nc1cccc(NC(=O)CSCc2noc(C)n2)c1. The van der Waals surface area contributed by atoms with Gasteiger partial charge in [-0.3, -0.25) is 10.1 Å². The van der Waals surface area contributed by atoms with Crippen LogP contribution in [0.3, 0.4) is 0 Å². The third-order valence-electron chi connectivity index (χ3n) is 2.95. The van der Waals surface area contributed by atoms with E-state index >= 15 is 0 Å². The van der Waals surface area contributed by atoms with Crippen molar-refractivity contribution in [3.8, 4) is 0 Å². The first-order valence-electron chi connectivity index (χ1n) is 7.76. The Morgan fingerprint density at radius 1 is 1.23 bits per heavy atom. The molecule has 0 saturated carbocycles. The number of aromatic nitrogens is 2. The molecule has 0 spiro atoms. The average Bonchev–Trinajstić information content (AvgIpc) is 3.00. The van der Waals surface area contributed by atoms with E-state index in [1.54, 1.807) is 31.2 Å². The van der Waals surface area contributed by atoms with Crippen molar-refractivity contribution in [1.29, 1.82) is 0 Å². The Bertz CT molecular complexity index is 737. The number of methoxy groups -OCH3 is 1. The van der Waals surface area contributed by atoms with Gasteiger partial charge in [-0.2, -0.15) is 4.98 Å². The van der Waals surface area contributed by atoms with Crippen LogP contribution in [0.4, 0.5) is 16.2 Å². The van der Waals surface area contributed by atoms with Gasteiger partial charge in [-0.1, -0.05) is 11.2 Å². The van der Waals surface area contributed by atoms with Crippen LogP contribution in [0.2, 0.25) is 0 Å². The maximum atomic E-state index is 12.0. The fourth-order valence-corrected chi connectivity index (χ4v) is 2.54. The molecule has 0 radical (unpaired) electrons. The molecular formula is C16H20N4O5S. The predicted octanol–water partition coefficient (Wildman–Crippen LogP) is 2.44. The highest BCUT2D eigenvalue weighted by Gasteiger charge is 2.08. The van der Waals surface area contributed by atoms with E-state index in [0.29, 0.717) is 35.4 Å². The van der Waals surface area contributed by atoms with E-state index in [1.165, 1.54) is 18.9 Å². The lowest BCUT2D eigenvalue weighted by Gasteiger charge is -2.09. The van der Waals surface area contributed by atoms with Gasteiger partial charge in [0.25, 0.3) is 0 Å². The number of nitrogens with one attached hydrogen (secondary N) is 2. The number of anilines is 2. The molecule has 26 heavy (non-hydrogen) atoms. The summed E-state index contributed by atoms with van der Waals surface area (Å²) in [6.45, 7) is 2.20. The van der Waals surface area contributed by atoms with Crippen molar-refractivity contribution in [3.63, 3.8) is 0 Å². The zero-order valence-corrected chi connectivity index (χ0v) is 15.3. The maximum Gasteiger partial charge on any atom is 0.411 e. The molecular weight excluding hydrogens is 360 g/mol. The van der Waals surface area contributed by atoms with E-state index in [-0.39, 0.29) is 18.3 Å². The molecule has 0 saturated heterocycles. The molecule has 2 amide bonds. The van der Waals surface area contributed by atoms with Crippen molar-refractivity contribution in [2.24, 2.45) is 0 Å². The second kappa shape index (κ2) is 10.4. The number of nitrogens with zero attached hydrogens (tertiary/aromatic N) is 2. The van der Waals surface area contributed by atoms with Crippen molar-refractivity contribution in [2.45, 2.75) is 12.7 Å². The van der Waals surface area contributed by atoms with Crippen molar-refractivity contribution >= 4 is 35.1 Å². The van der Waals surface area contributed by atoms with Crippen molar-refractivity contribution in [2.75, 3.05) is 36.7 Å². The number of hydrogen-bond acceptors (Lipinski definition) is 8. The minimum Gasteiger partial charge on any atom is -0.447 e. The lowest BCUT2D eigenvalue weighted by Crippen LogP contribution is -2.17. The van der Waals surface area contributed by atoms with Crippen molar-refractivity contribution in [1.82, 2.24) is 10.1 Å². The molecule has 0 fully saturated rings. The van der Waals surface area contributed by atoms with Gasteiger partial charge in [-0.15, -0.1) is 11.8 Å². The number of amides is 2. The second-order valence-corrected chi connectivity index (χ2v) is 6.09. The summed E-state index contributed by atoms with van der Waals surface area (Å²) in [6.07, 6.45) is -0.587. The lowest BCUT2D eigenvalue weighted by atomic mass is 10.3. The summed E-state index contributed by atoms with van der Waals surface area (Å²) in [4.78, 5) is 27.7. The Hall–Kier alpha value is -2.59. The number of rotatable bonds is 9. The van der Waals surface area contributed by atoms with Gasteiger partial charge in [0.1, 0.15) is 6.61 Å². The number of aryl methyl sites for hydroxylation is 1. The molecule has 140 valence electrons. The number of hydrogen-bond donors (Lipinski definition) is 2. The Balaban J connectivity index is 1.76. The van der Waals surface area contributed by atoms with E-state index in [4.69, 9.17) is 14.0 Å². The summed E-state index contributed by atoms with van der Waals surface area (Å²) in [5, 5.41) is 9.11. The summed E-state index contributed by atoms with van der Waals surface area (Å²) >= 11 is 1.37. The Kier molecular flexibility index (Phi) is 7.90. The summed E-state index contributed by atoms with van der Waals surface area (Å²) in [6, 6.07) is 6.78. The molecule has 0 bridgehead atoms. The van der Waals surface area contributed by atoms with Crippen LogP contribution in [0, 0.1) is 6.92 Å². The smallest absolute Gasteiger partial charge is 0.411 e. The van der Waals surface area contributed by atoms with Crippen LogP contribution in [0.15, 0.2) is 28.8 Å². The van der Waals surface area contributed by atoms with Gasteiger partial charge in [-0.25, -0.2) is 4.79 Å². The molecule has 0 unspecified atom stereocenters. The first kappa shape index (κ1) is 19.7. The van der Waals surface area contributed by atoms with Crippen LogP contribution in [0.1, 0.15) is 11.7 Å². The molecule has 1 aromatic heterocycles. The Morgan fingerprint density at radius 3 is 2.69 bits per heavy atom. The van der Waals surface area contributed by atoms with Crippen LogP contribution in [0.25, 0.3) is 0 Å². The fraction of sp³-hybridized carbons (Fsp3) is 0.375. The van der Waals surface area contributed by atoms with E-state index in [9.17, 15) is 9.59 Å². The van der Waals surface area contributed by atoms with Crippen LogP contribution in [0.5, 0.6) is 0 Å². The molecule has 0 aliphatic carbocycles. The van der Waals surface area contributed by atoms with E-state index in [2.05, 4.69) is 20.8 Å². The van der Waals surface area contributed by atoms with Crippen LogP contribution < -0.4 is 10.6 Å². The highest BCUT2D eigenvalue weighted by Crippen LogP contribution is 2.16. The zero-order chi connectivity index (χ0) is 18.8. The van der Waals surface area contributed by atoms with Crippen molar-refractivity contribution in [3.05, 3.63) is 36.0 Å². The lowest BCUT2D eigenvalue weighted by molar-refractivity contribution is -0.113. The summed E-state index contributed by atoms with van der Waals surface area (Å²) in [5.74, 6) is 1.60. The minimum atomic E-state index is -0.587. The van der Waals surface area contributed by atoms with Gasteiger partial charge in [0.2, 0.25) is 11.8 Å². The highest BCUT2D eigenvalue weighted by atomic mass is 32.2. The summed E-state index contributed by atoms with van der Waals surface area (Å²) in [5.41, 5.74) is 1.08. The maximum absolute atomic E-state index is 12.0. The topological polar surface area (TPSA) is 116 Å². The first-order chi connectivity index (χ1) is 12.6. The summed E-state index contributed by atoms with van der Waals surface area (Å²) in [7, 11) is 1.52. The average molecular weight is 380 g/mol. The van der Waals surface area contributed by atoms with Gasteiger partial charge in [0.15, 0.2) is 5.82 Å². The molecule has 0 aliphatic heterocycles. The van der Waals surface area contributed by atoms with Gasteiger partial charge < -0.3 is 19.3 Å². The molecule has 2 N–H and O–H groups in total. The Labute approximate surface area is 154 Å². The minimum absolute atomic E-state index is 0.163. The normalized spacial score (nSPS) is 10.4. The predicted molar refractivity (Wildman–Crippen MR) is 97.1 cm³/mol. The van der Waals surface area contributed by atoms with E-state index in [1.807, 2.05) is 0 Å². The van der Waals surface area contributed by atoms with Gasteiger partial charge in [0, 0.05) is 25.4 Å². The number of carbonyl (C=O) groups is 2. The largest absolute Gasteiger partial charge is 0.447 e. The second-order valence-electron chi connectivity index (χ2n) is 5.11. The molecule has 0 atom stereocenters. The van der Waals surface area contributed by atoms with Crippen LogP contribution in [-0.2, 0) is 20.0 Å². The molecule has 9 nitrogen and oxygen atoms in total. The van der Waals surface area contributed by atoms with Crippen molar-refractivity contribution < 1.29 is 23.6 Å². The fourth-order valence-electron chi connectivity index (χ4n) is 1.88. The summed E-state index contributed by atoms with van der Waals surface area (Å²) < 4.78 is 14.6. The molecule has 1 aromatic carbocycles. The number of ether oxygens (including phenoxy) is 2. The first-order valence-corrected chi connectivity index (χ1v) is 8.92. The molecule has 2 rings (SSSR count). The monoisotopic (exact) mass is 380 g/mol. The highest BCUT2D eigenvalue weighted by molar-refractivity contribution is 7.99. The van der Waals surface area contributed by atoms with Gasteiger partial charge >= 0.3 is 6.09 Å². The third kappa shape index (κ3) is 7.11. The number of benzene rings is 1. The van der Waals surface area contributed by atoms with Gasteiger partial charge in [-0.05, 0) is 18.2 Å². The Morgan fingerprint density at radius 2 is 2.00 bits per heavy atom. The van der Waals surface area contributed by atoms with Crippen LogP contribution in [-0.4, -0.2) is 48.2 Å². The number of thioether (sulfide) groups is 1. The van der Waals surface area contributed by atoms with Crippen LogP contribution >= 0.6 is 11.8 Å². The molecule has 0 aliphatic rings. The molecule has 2 aromatic rings. The standard InChI is InChI=1S/C16H20N4O5S/c1-11-17-14(20-25-11)9-26-10-15(21)18-12-4-3-5-13(8-12)19-16(22)24-7-6-23-2/h3-5,8H,6-7,9-10H2,1-2H3,(H,18,21)(H,19,22). The van der Waals surface area contributed by atoms with E-state index in [0.717, 1.165) is 0 Å². The van der Waals surface area contributed by atoms with E-state index < -0.39 is 6.09 Å². The third-order valence-corrected chi connectivity index (χ3v) is 3.88. The molecule has 10 heteroatoms. The molecule has 1 heterocycles. The number of carbonyl (C=O) groups excluding carboxylic acids is 2. The van der Waals surface area contributed by atoms with Gasteiger partial charge in [0.05, 0.1) is 18.1 Å². The zero-order valence-electron chi connectivity index (χ0n) is 14.5.